The van der Waals surface area contributed by atoms with Gasteiger partial charge < -0.3 is 16.0 Å². The molecular weight excluding hydrogens is 190 g/mol. The molecule has 0 bridgehead atoms. The van der Waals surface area contributed by atoms with Crippen LogP contribution in [-0.4, -0.2) is 43.0 Å². The Morgan fingerprint density at radius 3 is 2.73 bits per heavy atom. The lowest BCUT2D eigenvalue weighted by Crippen LogP contribution is -2.49. The van der Waals surface area contributed by atoms with Gasteiger partial charge in [-0.1, -0.05) is 20.8 Å². The highest BCUT2D eigenvalue weighted by molar-refractivity contribution is 5.78. The van der Waals surface area contributed by atoms with Crippen LogP contribution in [0.15, 0.2) is 0 Å². The van der Waals surface area contributed by atoms with E-state index in [1.54, 1.807) is 0 Å². The van der Waals surface area contributed by atoms with E-state index < -0.39 is 0 Å². The summed E-state index contributed by atoms with van der Waals surface area (Å²) >= 11 is 0. The SMILES string of the molecule is CC.CCNC1CCCN(C(=O)CN)C1. The zero-order valence-corrected chi connectivity index (χ0v) is 10.3. The van der Waals surface area contributed by atoms with E-state index in [0.717, 1.165) is 26.1 Å². The van der Waals surface area contributed by atoms with Gasteiger partial charge in [-0.3, -0.25) is 4.79 Å². The molecular formula is C11H25N3O. The van der Waals surface area contributed by atoms with Crippen LogP contribution in [0.1, 0.15) is 33.6 Å². The van der Waals surface area contributed by atoms with Gasteiger partial charge in [0.15, 0.2) is 0 Å². The molecule has 1 amide bonds. The van der Waals surface area contributed by atoms with Gasteiger partial charge in [0.25, 0.3) is 0 Å². The first-order chi connectivity index (χ1) is 7.27. The van der Waals surface area contributed by atoms with Crippen molar-refractivity contribution in [1.82, 2.24) is 10.2 Å². The van der Waals surface area contributed by atoms with Gasteiger partial charge in [-0.15, -0.1) is 0 Å². The number of rotatable bonds is 3. The van der Waals surface area contributed by atoms with Crippen LogP contribution in [0.3, 0.4) is 0 Å². The highest BCUT2D eigenvalue weighted by Crippen LogP contribution is 2.09. The second-order valence-electron chi connectivity index (χ2n) is 3.44. The Labute approximate surface area is 93.2 Å². The van der Waals surface area contributed by atoms with Gasteiger partial charge in [-0.2, -0.15) is 0 Å². The number of nitrogens with two attached hydrogens (primary N) is 1. The molecule has 1 atom stereocenters. The maximum Gasteiger partial charge on any atom is 0.236 e. The van der Waals surface area contributed by atoms with Gasteiger partial charge in [-0.05, 0) is 19.4 Å². The number of amides is 1. The van der Waals surface area contributed by atoms with Crippen molar-refractivity contribution in [2.75, 3.05) is 26.2 Å². The summed E-state index contributed by atoms with van der Waals surface area (Å²) in [5.41, 5.74) is 5.31. The van der Waals surface area contributed by atoms with Crippen LogP contribution in [-0.2, 0) is 4.79 Å². The molecule has 0 radical (unpaired) electrons. The van der Waals surface area contributed by atoms with E-state index in [0.29, 0.717) is 6.04 Å². The number of hydrogen-bond acceptors (Lipinski definition) is 3. The number of piperidine rings is 1. The summed E-state index contributed by atoms with van der Waals surface area (Å²) in [4.78, 5) is 13.1. The van der Waals surface area contributed by atoms with Crippen molar-refractivity contribution in [3.8, 4) is 0 Å². The van der Waals surface area contributed by atoms with E-state index in [1.165, 1.54) is 6.42 Å². The second kappa shape index (κ2) is 8.68. The molecule has 4 nitrogen and oxygen atoms in total. The first-order valence-corrected chi connectivity index (χ1v) is 5.99. The Kier molecular flexibility index (Phi) is 8.33. The number of likely N-dealkylation sites (N-methyl/N-ethyl adjacent to an activating group) is 1. The van der Waals surface area contributed by atoms with Crippen LogP contribution in [0, 0.1) is 0 Å². The van der Waals surface area contributed by atoms with Crippen LogP contribution in [0.2, 0.25) is 0 Å². The third kappa shape index (κ3) is 5.14. The molecule has 0 aromatic heterocycles. The van der Waals surface area contributed by atoms with E-state index >= 15 is 0 Å². The normalized spacial score (nSPS) is 20.5. The summed E-state index contributed by atoms with van der Waals surface area (Å²) in [5.74, 6) is 0.0719. The van der Waals surface area contributed by atoms with Crippen LogP contribution < -0.4 is 11.1 Å². The zero-order valence-electron chi connectivity index (χ0n) is 10.3. The highest BCUT2D eigenvalue weighted by Gasteiger charge is 2.21. The number of likely N-dealkylation sites (tertiary alicyclic amines) is 1. The van der Waals surface area contributed by atoms with Gasteiger partial charge in [0.2, 0.25) is 5.91 Å². The molecule has 0 aromatic carbocycles. The minimum atomic E-state index is 0.0719. The molecule has 1 aliphatic heterocycles. The Hall–Kier alpha value is -0.610. The largest absolute Gasteiger partial charge is 0.340 e. The van der Waals surface area contributed by atoms with Crippen molar-refractivity contribution in [2.45, 2.75) is 39.7 Å². The number of carbonyl (C=O) groups is 1. The second-order valence-corrected chi connectivity index (χ2v) is 3.44. The molecule has 4 heteroatoms. The quantitative estimate of drug-likeness (QED) is 0.723. The van der Waals surface area contributed by atoms with E-state index in [4.69, 9.17) is 5.73 Å². The Morgan fingerprint density at radius 1 is 1.53 bits per heavy atom. The summed E-state index contributed by atoms with van der Waals surface area (Å²) < 4.78 is 0. The first-order valence-electron chi connectivity index (χ1n) is 5.99. The molecule has 90 valence electrons. The summed E-state index contributed by atoms with van der Waals surface area (Å²) in [6.07, 6.45) is 2.26. The predicted octanol–water partition coefficient (Wildman–Crippen LogP) is 0.572. The maximum absolute atomic E-state index is 11.3. The number of nitrogens with zero attached hydrogens (tertiary/aromatic N) is 1. The number of carbonyl (C=O) groups excluding carboxylic acids is 1. The molecule has 1 aliphatic rings. The lowest BCUT2D eigenvalue weighted by molar-refractivity contribution is -0.131. The highest BCUT2D eigenvalue weighted by atomic mass is 16.2. The summed E-state index contributed by atoms with van der Waals surface area (Å²) in [6.45, 7) is 8.89. The first kappa shape index (κ1) is 14.4. The molecule has 1 unspecified atom stereocenters. The topological polar surface area (TPSA) is 58.4 Å². The van der Waals surface area contributed by atoms with Gasteiger partial charge in [0, 0.05) is 19.1 Å². The molecule has 0 saturated carbocycles. The molecule has 3 N–H and O–H groups in total. The smallest absolute Gasteiger partial charge is 0.236 e. The van der Waals surface area contributed by atoms with Gasteiger partial charge in [-0.25, -0.2) is 0 Å². The third-order valence-electron chi connectivity index (χ3n) is 2.44. The van der Waals surface area contributed by atoms with E-state index in [-0.39, 0.29) is 12.5 Å². The average molecular weight is 215 g/mol. The summed E-state index contributed by atoms with van der Waals surface area (Å²) in [7, 11) is 0. The van der Waals surface area contributed by atoms with E-state index in [9.17, 15) is 4.79 Å². The number of nitrogens with one attached hydrogen (secondary N) is 1. The van der Waals surface area contributed by atoms with E-state index in [2.05, 4.69) is 12.2 Å². The molecule has 1 saturated heterocycles. The number of hydrogen-bond donors (Lipinski definition) is 2. The molecule has 1 fully saturated rings. The summed E-state index contributed by atoms with van der Waals surface area (Å²) in [5, 5.41) is 3.36. The molecule has 1 rings (SSSR count). The Balaban J connectivity index is 0.000000921. The monoisotopic (exact) mass is 215 g/mol. The Bertz CT molecular complexity index is 171. The minimum absolute atomic E-state index is 0.0719. The molecule has 0 aliphatic carbocycles. The van der Waals surface area contributed by atoms with Crippen molar-refractivity contribution in [1.29, 1.82) is 0 Å². The summed E-state index contributed by atoms with van der Waals surface area (Å²) in [6, 6.07) is 0.467. The lowest BCUT2D eigenvalue weighted by atomic mass is 10.1. The van der Waals surface area contributed by atoms with Crippen molar-refractivity contribution < 1.29 is 4.79 Å². The van der Waals surface area contributed by atoms with Gasteiger partial charge >= 0.3 is 0 Å². The predicted molar refractivity (Wildman–Crippen MR) is 63.7 cm³/mol. The molecule has 0 aromatic rings. The van der Waals surface area contributed by atoms with Gasteiger partial charge in [0.1, 0.15) is 0 Å². The average Bonchev–Trinajstić information content (AvgIpc) is 2.31. The lowest BCUT2D eigenvalue weighted by Gasteiger charge is -2.32. The fraction of sp³-hybridized carbons (Fsp3) is 0.909. The fourth-order valence-corrected chi connectivity index (χ4v) is 1.79. The van der Waals surface area contributed by atoms with Gasteiger partial charge in [0.05, 0.1) is 6.54 Å². The molecule has 1 heterocycles. The standard InChI is InChI=1S/C9H19N3O.C2H6/c1-2-11-8-4-3-5-12(7-8)9(13)6-10;1-2/h8,11H,2-7,10H2,1H3;1-2H3. The van der Waals surface area contributed by atoms with Crippen molar-refractivity contribution in [2.24, 2.45) is 5.73 Å². The van der Waals surface area contributed by atoms with Crippen LogP contribution in [0.25, 0.3) is 0 Å². The van der Waals surface area contributed by atoms with Crippen molar-refractivity contribution >= 4 is 5.91 Å². The molecule has 15 heavy (non-hydrogen) atoms. The van der Waals surface area contributed by atoms with Crippen LogP contribution >= 0.6 is 0 Å². The van der Waals surface area contributed by atoms with Crippen LogP contribution in [0.5, 0.6) is 0 Å². The van der Waals surface area contributed by atoms with Crippen LogP contribution in [0.4, 0.5) is 0 Å². The fourth-order valence-electron chi connectivity index (χ4n) is 1.79. The maximum atomic E-state index is 11.3. The van der Waals surface area contributed by atoms with E-state index in [1.807, 2.05) is 18.7 Å². The van der Waals surface area contributed by atoms with Crippen molar-refractivity contribution in [3.05, 3.63) is 0 Å². The van der Waals surface area contributed by atoms with Crippen molar-refractivity contribution in [3.63, 3.8) is 0 Å². The third-order valence-corrected chi connectivity index (χ3v) is 2.44. The Morgan fingerprint density at radius 2 is 2.20 bits per heavy atom. The molecule has 0 spiro atoms. The zero-order chi connectivity index (χ0) is 11.7. The minimum Gasteiger partial charge on any atom is -0.340 e.